The van der Waals surface area contributed by atoms with Crippen LogP contribution in [0.25, 0.3) is 0 Å². The van der Waals surface area contributed by atoms with Crippen LogP contribution in [0.15, 0.2) is 29.0 Å². The lowest BCUT2D eigenvalue weighted by Gasteiger charge is -2.27. The van der Waals surface area contributed by atoms with E-state index < -0.39 is 26.6 Å². The van der Waals surface area contributed by atoms with Crippen LogP contribution in [-0.2, 0) is 15.7 Å². The Bertz CT molecular complexity index is 516. The summed E-state index contributed by atoms with van der Waals surface area (Å²) >= 11 is 3.14. The van der Waals surface area contributed by atoms with Gasteiger partial charge in [0.1, 0.15) is 0 Å². The molecule has 0 spiro atoms. The van der Waals surface area contributed by atoms with Crippen molar-refractivity contribution in [2.45, 2.75) is 11.6 Å². The Labute approximate surface area is 112 Å². The van der Waals surface area contributed by atoms with E-state index in [2.05, 4.69) is 15.9 Å². The van der Waals surface area contributed by atoms with Crippen molar-refractivity contribution in [3.8, 4) is 0 Å². The Morgan fingerprint density at radius 3 is 2.33 bits per heavy atom. The third-order valence-corrected chi connectivity index (χ3v) is 7.26. The maximum Gasteiger partial charge on any atom is 0.373 e. The first-order chi connectivity index (χ1) is 7.97. The third kappa shape index (κ3) is 3.27. The van der Waals surface area contributed by atoms with Gasteiger partial charge in [0, 0.05) is 12.7 Å². The van der Waals surface area contributed by atoms with Gasteiger partial charge >= 0.3 is 12.7 Å². The Kier molecular flexibility index (Phi) is 4.56. The smallest absolute Gasteiger partial charge is 0.365 e. The molecular formula is C8H13BrNO6P2+. The van der Waals surface area contributed by atoms with Crippen LogP contribution in [0, 0.1) is 0 Å². The quantitative estimate of drug-likeness (QED) is 0.457. The van der Waals surface area contributed by atoms with Crippen molar-refractivity contribution in [1.82, 2.24) is 0 Å². The van der Waals surface area contributed by atoms with Crippen LogP contribution in [0.1, 0.15) is 0 Å². The van der Waals surface area contributed by atoms with E-state index in [1.165, 1.54) is 17.0 Å². The summed E-state index contributed by atoms with van der Waals surface area (Å²) in [4.78, 5) is 27.6. The second kappa shape index (κ2) is 5.13. The number of aliphatic hydroxyl groups is 1. The minimum Gasteiger partial charge on any atom is -0.365 e. The molecule has 2 unspecified atom stereocenters. The van der Waals surface area contributed by atoms with Gasteiger partial charge in [-0.05, 0) is 22.0 Å². The van der Waals surface area contributed by atoms with Crippen molar-refractivity contribution in [2.24, 2.45) is 0 Å². The van der Waals surface area contributed by atoms with E-state index in [0.717, 1.165) is 0 Å². The molecule has 0 amide bonds. The summed E-state index contributed by atoms with van der Waals surface area (Å²) in [6.07, 6.45) is 2.84. The van der Waals surface area contributed by atoms with Gasteiger partial charge in [-0.2, -0.15) is 4.57 Å². The summed E-state index contributed by atoms with van der Waals surface area (Å²) in [6.45, 7) is 0.0195. The fraction of sp³-hybridized carbons (Fsp3) is 0.375. The molecule has 0 aromatic carbocycles. The van der Waals surface area contributed by atoms with Gasteiger partial charge in [0.15, 0.2) is 18.9 Å². The van der Waals surface area contributed by atoms with Crippen molar-refractivity contribution in [1.29, 1.82) is 0 Å². The van der Waals surface area contributed by atoms with Crippen molar-refractivity contribution in [3.05, 3.63) is 29.0 Å². The van der Waals surface area contributed by atoms with E-state index in [1.807, 2.05) is 0 Å². The number of hydrogen-bond donors (Lipinski definition) is 4. The summed E-state index contributed by atoms with van der Waals surface area (Å²) in [5.41, 5.74) is 0. The first-order valence-corrected chi connectivity index (χ1v) is 9.21. The fourth-order valence-corrected chi connectivity index (χ4v) is 4.42. The highest BCUT2D eigenvalue weighted by molar-refractivity contribution is 9.10. The number of aromatic nitrogens is 1. The summed E-state index contributed by atoms with van der Waals surface area (Å²) in [5, 5.41) is 6.91. The average molecular weight is 361 g/mol. The topological polar surface area (TPSA) is 119 Å². The summed E-state index contributed by atoms with van der Waals surface area (Å²) in [7, 11) is -9.62. The highest BCUT2D eigenvalue weighted by Crippen LogP contribution is 2.67. The Morgan fingerprint density at radius 2 is 1.94 bits per heavy atom. The molecule has 0 aliphatic carbocycles. The van der Waals surface area contributed by atoms with Crippen molar-refractivity contribution in [2.75, 3.05) is 6.66 Å². The van der Waals surface area contributed by atoms with Crippen LogP contribution in [0.3, 0.4) is 0 Å². The molecule has 10 heteroatoms. The van der Waals surface area contributed by atoms with Crippen molar-refractivity contribution >= 4 is 30.9 Å². The molecule has 0 fully saturated rings. The molecule has 0 aliphatic rings. The molecule has 18 heavy (non-hydrogen) atoms. The van der Waals surface area contributed by atoms with Gasteiger partial charge in [0.2, 0.25) is 7.37 Å². The molecule has 7 nitrogen and oxygen atoms in total. The molecule has 0 saturated heterocycles. The van der Waals surface area contributed by atoms with Crippen molar-refractivity contribution < 1.29 is 33.5 Å². The van der Waals surface area contributed by atoms with Crippen molar-refractivity contribution in [3.63, 3.8) is 0 Å². The monoisotopic (exact) mass is 360 g/mol. The predicted octanol–water partition coefficient (Wildman–Crippen LogP) is 0.461. The molecule has 1 aromatic rings. The SMILES string of the molecule is CP(=O)(O)C(O)(C[n+]1cccc(Br)c1)P(=O)(O)O. The summed E-state index contributed by atoms with van der Waals surface area (Å²) in [5.74, 6) is 0. The van der Waals surface area contributed by atoms with Gasteiger partial charge in [0.05, 0.1) is 4.47 Å². The van der Waals surface area contributed by atoms with Crippen LogP contribution < -0.4 is 4.57 Å². The van der Waals surface area contributed by atoms with Gasteiger partial charge in [-0.1, -0.05) is 0 Å². The summed E-state index contributed by atoms with van der Waals surface area (Å²) < 4.78 is 24.7. The molecule has 4 N–H and O–H groups in total. The zero-order chi connectivity index (χ0) is 14.2. The first kappa shape index (κ1) is 16.0. The second-order valence-corrected chi connectivity index (χ2v) is 9.49. The Balaban J connectivity index is 3.25. The number of halogens is 1. The van der Waals surface area contributed by atoms with E-state index in [4.69, 9.17) is 9.79 Å². The molecule has 1 rings (SSSR count). The van der Waals surface area contributed by atoms with E-state index in [9.17, 15) is 19.1 Å². The lowest BCUT2D eigenvalue weighted by Crippen LogP contribution is -2.47. The maximum atomic E-state index is 11.6. The zero-order valence-corrected chi connectivity index (χ0v) is 12.7. The highest BCUT2D eigenvalue weighted by atomic mass is 79.9. The summed E-state index contributed by atoms with van der Waals surface area (Å²) in [6, 6.07) is 3.22. The third-order valence-electron chi connectivity index (χ3n) is 2.35. The minimum atomic E-state index is -5.18. The standard InChI is InChI=1S/C8H12BrNO6P2/c1-17(12,13)8(11,18(14,15)16)6-10-4-2-3-7(9)5-10/h2-5,11H,6H2,1H3,(H2-,12,13,14,15,16)/p+1. The number of pyridine rings is 1. The molecule has 0 radical (unpaired) electrons. The molecular weight excluding hydrogens is 348 g/mol. The lowest BCUT2D eigenvalue weighted by molar-refractivity contribution is -0.703. The number of nitrogens with zero attached hydrogens (tertiary/aromatic N) is 1. The van der Waals surface area contributed by atoms with Crippen LogP contribution in [-0.4, -0.2) is 31.5 Å². The van der Waals surface area contributed by atoms with E-state index >= 15 is 0 Å². The van der Waals surface area contributed by atoms with Gasteiger partial charge < -0.3 is 19.8 Å². The maximum absolute atomic E-state index is 11.6. The molecule has 0 aliphatic heterocycles. The second-order valence-electron chi connectivity index (χ2n) is 3.89. The Hall–Kier alpha value is -0.0700. The average Bonchev–Trinajstić information content (AvgIpc) is 2.13. The fourth-order valence-electron chi connectivity index (χ4n) is 1.30. The van der Waals surface area contributed by atoms with Crippen LogP contribution >= 0.6 is 30.9 Å². The normalized spacial score (nSPS) is 19.0. The lowest BCUT2D eigenvalue weighted by atomic mass is 10.5. The van der Waals surface area contributed by atoms with Gasteiger partial charge in [0.25, 0.3) is 0 Å². The largest absolute Gasteiger partial charge is 0.373 e. The van der Waals surface area contributed by atoms with E-state index in [-0.39, 0.29) is 0 Å². The van der Waals surface area contributed by atoms with Gasteiger partial charge in [-0.3, -0.25) is 9.13 Å². The molecule has 102 valence electrons. The Morgan fingerprint density at radius 1 is 1.39 bits per heavy atom. The molecule has 1 aromatic heterocycles. The minimum absolute atomic E-state index is 0.599. The number of hydrogen-bond acceptors (Lipinski definition) is 3. The predicted molar refractivity (Wildman–Crippen MR) is 67.1 cm³/mol. The zero-order valence-electron chi connectivity index (χ0n) is 9.34. The van der Waals surface area contributed by atoms with Gasteiger partial charge in [-0.15, -0.1) is 0 Å². The molecule has 0 saturated carbocycles. The molecule has 2 atom stereocenters. The first-order valence-electron chi connectivity index (χ1n) is 4.70. The van der Waals surface area contributed by atoms with E-state index in [1.54, 1.807) is 12.1 Å². The van der Waals surface area contributed by atoms with Crippen LogP contribution in [0.2, 0.25) is 0 Å². The molecule has 0 bridgehead atoms. The van der Waals surface area contributed by atoms with Crippen LogP contribution in [0.5, 0.6) is 0 Å². The van der Waals surface area contributed by atoms with Crippen LogP contribution in [0.4, 0.5) is 0 Å². The van der Waals surface area contributed by atoms with E-state index in [0.29, 0.717) is 11.1 Å². The number of rotatable bonds is 4. The highest BCUT2D eigenvalue weighted by Gasteiger charge is 2.60. The van der Waals surface area contributed by atoms with Gasteiger partial charge in [-0.25, -0.2) is 0 Å². The molecule has 1 heterocycles.